The third-order valence-electron chi connectivity index (χ3n) is 2.50. The molecule has 2 rings (SSSR count). The van der Waals surface area contributed by atoms with E-state index in [2.05, 4.69) is 10.6 Å². The number of nitrogens with one attached hydrogen (secondary N) is 2. The van der Waals surface area contributed by atoms with Gasteiger partial charge in [0.25, 0.3) is 5.69 Å². The summed E-state index contributed by atoms with van der Waals surface area (Å²) in [5.41, 5.74) is 1.11. The van der Waals surface area contributed by atoms with Gasteiger partial charge in [0, 0.05) is 37.8 Å². The van der Waals surface area contributed by atoms with Crippen molar-refractivity contribution in [1.29, 1.82) is 0 Å². The molecule has 1 aliphatic rings. The molecule has 5 nitrogen and oxygen atoms in total. The number of nitro benzene ring substituents is 1. The molecule has 1 aliphatic heterocycles. The topological polar surface area (TPSA) is 67.2 Å². The summed E-state index contributed by atoms with van der Waals surface area (Å²) in [5.74, 6) is 0. The maximum Gasteiger partial charge on any atom is 0.269 e. The van der Waals surface area contributed by atoms with Crippen LogP contribution >= 0.6 is 0 Å². The van der Waals surface area contributed by atoms with Crippen LogP contribution in [-0.4, -0.2) is 24.1 Å². The van der Waals surface area contributed by atoms with Gasteiger partial charge in [-0.25, -0.2) is 0 Å². The maximum atomic E-state index is 10.5. The summed E-state index contributed by atoms with van der Waals surface area (Å²) in [6.07, 6.45) is 0. The lowest BCUT2D eigenvalue weighted by atomic mass is 10.1. The van der Waals surface area contributed by atoms with Gasteiger partial charge in [-0.2, -0.15) is 0 Å². The van der Waals surface area contributed by atoms with Gasteiger partial charge in [0.1, 0.15) is 0 Å². The first kappa shape index (κ1) is 10.1. The van der Waals surface area contributed by atoms with Crippen LogP contribution < -0.4 is 10.6 Å². The molecule has 0 radical (unpaired) electrons. The first-order chi connectivity index (χ1) is 7.25. The van der Waals surface area contributed by atoms with Crippen LogP contribution in [0.4, 0.5) is 5.69 Å². The number of benzene rings is 1. The first-order valence-electron chi connectivity index (χ1n) is 4.93. The summed E-state index contributed by atoms with van der Waals surface area (Å²) < 4.78 is 0. The van der Waals surface area contributed by atoms with E-state index >= 15 is 0 Å². The molecule has 0 aromatic heterocycles. The normalized spacial score (nSPS) is 16.0. The molecule has 0 unspecified atom stereocenters. The van der Waals surface area contributed by atoms with E-state index in [1.54, 1.807) is 12.1 Å². The molecule has 1 saturated heterocycles. The fourth-order valence-electron chi connectivity index (χ4n) is 1.48. The minimum Gasteiger partial charge on any atom is -0.314 e. The van der Waals surface area contributed by atoms with E-state index in [0.29, 0.717) is 12.6 Å². The van der Waals surface area contributed by atoms with Gasteiger partial charge in [0.15, 0.2) is 0 Å². The van der Waals surface area contributed by atoms with Crippen molar-refractivity contribution < 1.29 is 4.92 Å². The number of hydrogen-bond acceptors (Lipinski definition) is 4. The zero-order chi connectivity index (χ0) is 10.7. The smallest absolute Gasteiger partial charge is 0.269 e. The molecule has 80 valence electrons. The quantitative estimate of drug-likeness (QED) is 0.562. The lowest BCUT2D eigenvalue weighted by Crippen LogP contribution is -2.54. The Morgan fingerprint density at radius 1 is 1.53 bits per heavy atom. The Morgan fingerprint density at radius 3 is 2.93 bits per heavy atom. The van der Waals surface area contributed by atoms with Gasteiger partial charge in [0.2, 0.25) is 0 Å². The zero-order valence-electron chi connectivity index (χ0n) is 8.27. The van der Waals surface area contributed by atoms with Gasteiger partial charge in [-0.1, -0.05) is 12.1 Å². The fraction of sp³-hybridized carbons (Fsp3) is 0.400. The molecule has 1 aromatic rings. The van der Waals surface area contributed by atoms with Gasteiger partial charge >= 0.3 is 0 Å². The van der Waals surface area contributed by atoms with Crippen molar-refractivity contribution in [3.05, 3.63) is 39.9 Å². The summed E-state index contributed by atoms with van der Waals surface area (Å²) in [7, 11) is 0. The Kier molecular flexibility index (Phi) is 2.94. The van der Waals surface area contributed by atoms with Gasteiger partial charge in [0.05, 0.1) is 4.92 Å². The standard InChI is InChI=1S/C10H13N3O2/c14-13(15)10-3-1-2-8(4-10)5-12-9-6-11-7-9/h1-4,9,11-12H,5-7H2. The maximum absolute atomic E-state index is 10.5. The predicted octanol–water partition coefficient (Wildman–Crippen LogP) is 0.656. The van der Waals surface area contributed by atoms with Crippen molar-refractivity contribution in [2.45, 2.75) is 12.6 Å². The fourth-order valence-corrected chi connectivity index (χ4v) is 1.48. The minimum atomic E-state index is -0.367. The Morgan fingerprint density at radius 2 is 2.33 bits per heavy atom. The van der Waals surface area contributed by atoms with Gasteiger partial charge < -0.3 is 10.6 Å². The van der Waals surface area contributed by atoms with Crippen molar-refractivity contribution in [2.24, 2.45) is 0 Å². The summed E-state index contributed by atoms with van der Waals surface area (Å²) in [6, 6.07) is 7.23. The molecule has 0 saturated carbocycles. The van der Waals surface area contributed by atoms with Crippen molar-refractivity contribution >= 4 is 5.69 Å². The molecule has 0 amide bonds. The van der Waals surface area contributed by atoms with E-state index in [-0.39, 0.29) is 10.6 Å². The highest BCUT2D eigenvalue weighted by Gasteiger charge is 2.15. The first-order valence-corrected chi connectivity index (χ1v) is 4.93. The molecule has 0 bridgehead atoms. The SMILES string of the molecule is O=[N+]([O-])c1cccc(CNC2CNC2)c1. The average Bonchev–Trinajstić information content (AvgIpc) is 2.16. The van der Waals surface area contributed by atoms with Crippen LogP contribution in [0.1, 0.15) is 5.56 Å². The minimum absolute atomic E-state index is 0.154. The number of non-ortho nitro benzene ring substituents is 1. The van der Waals surface area contributed by atoms with Gasteiger partial charge in [-0.05, 0) is 5.56 Å². The molecule has 1 heterocycles. The van der Waals surface area contributed by atoms with E-state index < -0.39 is 0 Å². The molecule has 0 atom stereocenters. The highest BCUT2D eigenvalue weighted by molar-refractivity contribution is 5.34. The zero-order valence-corrected chi connectivity index (χ0v) is 8.27. The monoisotopic (exact) mass is 207 g/mol. The van der Waals surface area contributed by atoms with Crippen LogP contribution in [-0.2, 0) is 6.54 Å². The molecule has 0 spiro atoms. The summed E-state index contributed by atoms with van der Waals surface area (Å²) in [5, 5.41) is 17.0. The number of nitro groups is 1. The molecule has 15 heavy (non-hydrogen) atoms. The summed E-state index contributed by atoms with van der Waals surface area (Å²) in [4.78, 5) is 10.2. The second-order valence-corrected chi connectivity index (χ2v) is 3.66. The number of nitrogens with zero attached hydrogens (tertiary/aromatic N) is 1. The second-order valence-electron chi connectivity index (χ2n) is 3.66. The van der Waals surface area contributed by atoms with Crippen molar-refractivity contribution in [2.75, 3.05) is 13.1 Å². The Balaban J connectivity index is 1.94. The molecule has 1 fully saturated rings. The van der Waals surface area contributed by atoms with E-state index in [9.17, 15) is 10.1 Å². The van der Waals surface area contributed by atoms with E-state index in [1.807, 2.05) is 6.07 Å². The lowest BCUT2D eigenvalue weighted by molar-refractivity contribution is -0.384. The third-order valence-corrected chi connectivity index (χ3v) is 2.50. The van der Waals surface area contributed by atoms with Crippen LogP contribution in [0.3, 0.4) is 0 Å². The van der Waals surface area contributed by atoms with E-state index in [0.717, 1.165) is 18.7 Å². The number of rotatable bonds is 4. The summed E-state index contributed by atoms with van der Waals surface area (Å²) >= 11 is 0. The van der Waals surface area contributed by atoms with Gasteiger partial charge in [-0.3, -0.25) is 10.1 Å². The van der Waals surface area contributed by atoms with E-state index in [1.165, 1.54) is 6.07 Å². The van der Waals surface area contributed by atoms with Crippen LogP contribution in [0.15, 0.2) is 24.3 Å². The van der Waals surface area contributed by atoms with Crippen LogP contribution in [0.25, 0.3) is 0 Å². The predicted molar refractivity (Wildman–Crippen MR) is 56.6 cm³/mol. The highest BCUT2D eigenvalue weighted by Crippen LogP contribution is 2.12. The lowest BCUT2D eigenvalue weighted by Gasteiger charge is -2.28. The van der Waals surface area contributed by atoms with Crippen LogP contribution in [0.2, 0.25) is 0 Å². The molecule has 0 aliphatic carbocycles. The average molecular weight is 207 g/mol. The Hall–Kier alpha value is -1.46. The molecule has 5 heteroatoms. The largest absolute Gasteiger partial charge is 0.314 e. The van der Waals surface area contributed by atoms with Crippen molar-refractivity contribution in [1.82, 2.24) is 10.6 Å². The van der Waals surface area contributed by atoms with E-state index in [4.69, 9.17) is 0 Å². The summed E-state index contributed by atoms with van der Waals surface area (Å²) in [6.45, 7) is 2.65. The van der Waals surface area contributed by atoms with Crippen molar-refractivity contribution in [3.63, 3.8) is 0 Å². The third kappa shape index (κ3) is 2.51. The molecule has 1 aromatic carbocycles. The van der Waals surface area contributed by atoms with Crippen LogP contribution in [0.5, 0.6) is 0 Å². The van der Waals surface area contributed by atoms with Crippen LogP contribution in [0, 0.1) is 10.1 Å². The highest BCUT2D eigenvalue weighted by atomic mass is 16.6. The molecule has 2 N–H and O–H groups in total. The van der Waals surface area contributed by atoms with Gasteiger partial charge in [-0.15, -0.1) is 0 Å². The second kappa shape index (κ2) is 4.37. The molecular weight excluding hydrogens is 194 g/mol. The Labute approximate surface area is 87.6 Å². The molecular formula is C10H13N3O2. The van der Waals surface area contributed by atoms with Crippen molar-refractivity contribution in [3.8, 4) is 0 Å². The Bertz CT molecular complexity index is 363. The number of hydrogen-bond donors (Lipinski definition) is 2.